The maximum atomic E-state index is 10.9. The molecule has 0 aromatic rings. The first kappa shape index (κ1) is 22.2. The maximum absolute atomic E-state index is 10.9. The van der Waals surface area contributed by atoms with Crippen LogP contribution in [0.15, 0.2) is 12.7 Å². The Morgan fingerprint density at radius 1 is 1.29 bits per heavy atom. The van der Waals surface area contributed by atoms with Crippen molar-refractivity contribution in [2.24, 2.45) is 0 Å². The van der Waals surface area contributed by atoms with Crippen molar-refractivity contribution < 1.29 is 21.9 Å². The molecule has 1 amide bonds. The summed E-state index contributed by atoms with van der Waals surface area (Å²) in [6, 6.07) is 0. The highest BCUT2D eigenvalue weighted by atomic mass is 32.3. The predicted molar refractivity (Wildman–Crippen MR) is 80.9 cm³/mol. The Labute approximate surface area is 126 Å². The van der Waals surface area contributed by atoms with Gasteiger partial charge in [-0.25, -0.2) is 0 Å². The highest BCUT2D eigenvalue weighted by molar-refractivity contribution is 7.80. The van der Waals surface area contributed by atoms with Crippen molar-refractivity contribution >= 4 is 16.3 Å². The Hall–Kier alpha value is -1.04. The summed E-state index contributed by atoms with van der Waals surface area (Å²) in [6.45, 7) is 4.04. The zero-order valence-electron chi connectivity index (χ0n) is 12.9. The van der Waals surface area contributed by atoms with Gasteiger partial charge in [0.05, 0.1) is 7.11 Å². The fourth-order valence-corrected chi connectivity index (χ4v) is 1.39. The van der Waals surface area contributed by atoms with Gasteiger partial charge in [0.2, 0.25) is 5.91 Å². The predicted octanol–water partition coefficient (Wildman–Crippen LogP) is -1.18. The molecule has 0 fully saturated rings. The molecule has 0 radical (unpaired) electrons. The molecule has 0 bridgehead atoms. The second kappa shape index (κ2) is 11.6. The van der Waals surface area contributed by atoms with Crippen molar-refractivity contribution in [3.63, 3.8) is 0 Å². The first-order chi connectivity index (χ1) is 9.70. The summed E-state index contributed by atoms with van der Waals surface area (Å²) >= 11 is 0. The molecule has 0 atom stereocenters. The molecular weight excluding hydrogens is 300 g/mol. The van der Waals surface area contributed by atoms with E-state index >= 15 is 0 Å². The number of nitrogens with one attached hydrogen (secondary N) is 4. The van der Waals surface area contributed by atoms with Gasteiger partial charge >= 0.3 is 10.4 Å². The Bertz CT molecular complexity index is 387. The Morgan fingerprint density at radius 2 is 1.71 bits per heavy atom. The Kier molecular flexibility index (Phi) is 12.3. The highest BCUT2D eigenvalue weighted by Crippen LogP contribution is 2.02. The minimum atomic E-state index is -4.16. The van der Waals surface area contributed by atoms with Gasteiger partial charge in [-0.2, -0.15) is 8.42 Å². The second-order valence-corrected chi connectivity index (χ2v) is 5.04. The number of carbonyl (C=O) groups is 1. The van der Waals surface area contributed by atoms with Crippen LogP contribution in [-0.2, 0) is 19.4 Å². The van der Waals surface area contributed by atoms with Crippen LogP contribution in [0.25, 0.3) is 0 Å². The molecule has 0 aromatic heterocycles. The normalized spacial score (nSPS) is 11.3. The molecular formula is C11H26N4O5S. The van der Waals surface area contributed by atoms with E-state index in [-0.39, 0.29) is 11.7 Å². The van der Waals surface area contributed by atoms with Crippen LogP contribution in [0, 0.1) is 0 Å². The zero-order chi connectivity index (χ0) is 16.9. The lowest BCUT2D eigenvalue weighted by Crippen LogP contribution is -2.63. The van der Waals surface area contributed by atoms with Crippen LogP contribution in [-0.4, -0.2) is 59.5 Å². The Balaban J connectivity index is 0. The summed E-state index contributed by atoms with van der Waals surface area (Å²) < 4.78 is 29.7. The smallest absolute Gasteiger partial charge is 0.353 e. The van der Waals surface area contributed by atoms with E-state index in [2.05, 4.69) is 32.0 Å². The average molecular weight is 326 g/mol. The molecule has 0 heterocycles. The van der Waals surface area contributed by atoms with Gasteiger partial charge in [-0.3, -0.25) is 29.5 Å². The van der Waals surface area contributed by atoms with Crippen molar-refractivity contribution in [1.29, 1.82) is 0 Å². The largest absolute Gasteiger partial charge is 0.397 e. The van der Waals surface area contributed by atoms with Crippen LogP contribution < -0.4 is 21.3 Å². The molecule has 0 saturated heterocycles. The van der Waals surface area contributed by atoms with E-state index in [0.717, 1.165) is 20.0 Å². The standard InChI is InChI=1S/C10H22N4O.CH4O4S/c1-5-9(15)14-8-6-7-10(11-2,12-3)13-4;1-5-6(2,3)4/h5,11-13H,1,6-8H2,2-4H3,(H,14,15);1H3,(H,2,3,4). The third kappa shape index (κ3) is 12.4. The van der Waals surface area contributed by atoms with Crippen molar-refractivity contribution in [3.05, 3.63) is 12.7 Å². The number of amides is 1. The molecule has 21 heavy (non-hydrogen) atoms. The lowest BCUT2D eigenvalue weighted by molar-refractivity contribution is -0.116. The Morgan fingerprint density at radius 3 is 2.00 bits per heavy atom. The topological polar surface area (TPSA) is 129 Å². The van der Waals surface area contributed by atoms with Crippen LogP contribution in [0.5, 0.6) is 0 Å². The molecule has 0 saturated carbocycles. The van der Waals surface area contributed by atoms with E-state index < -0.39 is 10.4 Å². The third-order valence-electron chi connectivity index (χ3n) is 2.70. The van der Waals surface area contributed by atoms with Gasteiger partial charge in [0.15, 0.2) is 0 Å². The molecule has 0 spiro atoms. The van der Waals surface area contributed by atoms with Gasteiger partial charge in [-0.05, 0) is 40.1 Å². The van der Waals surface area contributed by atoms with Gasteiger partial charge < -0.3 is 5.32 Å². The van der Waals surface area contributed by atoms with Crippen LogP contribution >= 0.6 is 0 Å². The van der Waals surface area contributed by atoms with Crippen LogP contribution in [0.2, 0.25) is 0 Å². The summed E-state index contributed by atoms with van der Waals surface area (Å²) in [5.74, 6) is -0.391. The molecule has 0 aliphatic rings. The minimum absolute atomic E-state index is 0.126. The first-order valence-corrected chi connectivity index (χ1v) is 7.56. The van der Waals surface area contributed by atoms with Crippen LogP contribution in [0.1, 0.15) is 12.8 Å². The van der Waals surface area contributed by atoms with E-state index in [1.807, 2.05) is 21.1 Å². The van der Waals surface area contributed by atoms with E-state index in [1.165, 1.54) is 6.08 Å². The van der Waals surface area contributed by atoms with E-state index in [0.29, 0.717) is 6.54 Å². The third-order valence-corrected chi connectivity index (χ3v) is 3.13. The summed E-state index contributed by atoms with van der Waals surface area (Å²) in [6.07, 6.45) is 3.03. The fraction of sp³-hybridized carbons (Fsp3) is 0.727. The summed E-state index contributed by atoms with van der Waals surface area (Å²) in [5.41, 5.74) is 0. The van der Waals surface area contributed by atoms with Crippen molar-refractivity contribution in [1.82, 2.24) is 21.3 Å². The van der Waals surface area contributed by atoms with Crippen molar-refractivity contribution in [2.45, 2.75) is 18.6 Å². The maximum Gasteiger partial charge on any atom is 0.397 e. The van der Waals surface area contributed by atoms with Crippen LogP contribution in [0.4, 0.5) is 0 Å². The molecule has 5 N–H and O–H groups in total. The molecule has 0 aliphatic heterocycles. The minimum Gasteiger partial charge on any atom is -0.353 e. The number of hydrogen-bond donors (Lipinski definition) is 5. The molecule has 0 rings (SSSR count). The fourth-order valence-electron chi connectivity index (χ4n) is 1.39. The van der Waals surface area contributed by atoms with E-state index in [1.54, 1.807) is 0 Å². The first-order valence-electron chi connectivity index (χ1n) is 6.20. The van der Waals surface area contributed by atoms with Gasteiger partial charge in [-0.15, -0.1) is 0 Å². The molecule has 0 aliphatic carbocycles. The van der Waals surface area contributed by atoms with Gasteiger partial charge in [0.1, 0.15) is 5.79 Å². The monoisotopic (exact) mass is 326 g/mol. The molecule has 0 unspecified atom stereocenters. The SMILES string of the molecule is C=CC(=O)NCCCC(NC)(NC)NC.COS(=O)(=O)O. The summed E-state index contributed by atoms with van der Waals surface area (Å²) in [5, 5.41) is 12.2. The lowest BCUT2D eigenvalue weighted by atomic mass is 10.1. The van der Waals surface area contributed by atoms with Gasteiger partial charge in [-0.1, -0.05) is 6.58 Å². The summed E-state index contributed by atoms with van der Waals surface area (Å²) in [7, 11) is 2.36. The highest BCUT2D eigenvalue weighted by Gasteiger charge is 2.22. The summed E-state index contributed by atoms with van der Waals surface area (Å²) in [4.78, 5) is 10.9. The average Bonchev–Trinajstić information content (AvgIpc) is 2.48. The molecule has 0 aromatic carbocycles. The van der Waals surface area contributed by atoms with Gasteiger partial charge in [0.25, 0.3) is 0 Å². The van der Waals surface area contributed by atoms with E-state index in [9.17, 15) is 13.2 Å². The zero-order valence-corrected chi connectivity index (χ0v) is 13.7. The molecule has 9 nitrogen and oxygen atoms in total. The number of carbonyl (C=O) groups excluding carboxylic acids is 1. The molecule has 10 heteroatoms. The van der Waals surface area contributed by atoms with Crippen LogP contribution in [0.3, 0.4) is 0 Å². The molecule has 126 valence electrons. The van der Waals surface area contributed by atoms with Gasteiger partial charge in [0, 0.05) is 6.54 Å². The van der Waals surface area contributed by atoms with E-state index in [4.69, 9.17) is 4.55 Å². The quantitative estimate of drug-likeness (QED) is 0.155. The number of rotatable bonds is 9. The number of hydrogen-bond acceptors (Lipinski definition) is 7. The van der Waals surface area contributed by atoms with Crippen molar-refractivity contribution in [2.75, 3.05) is 34.8 Å². The lowest BCUT2D eigenvalue weighted by Gasteiger charge is -2.33. The second-order valence-electron chi connectivity index (χ2n) is 3.85. The van der Waals surface area contributed by atoms with Crippen molar-refractivity contribution in [3.8, 4) is 0 Å².